The van der Waals surface area contributed by atoms with E-state index < -0.39 is 5.41 Å². The number of hydrogen-bond donors (Lipinski definition) is 2. The fourth-order valence-electron chi connectivity index (χ4n) is 2.10. The summed E-state index contributed by atoms with van der Waals surface area (Å²) in [4.78, 5) is 14.3. The van der Waals surface area contributed by atoms with Crippen LogP contribution in [0.25, 0.3) is 0 Å². The van der Waals surface area contributed by atoms with Gasteiger partial charge in [0.15, 0.2) is 0 Å². The monoisotopic (exact) mass is 277 g/mol. The Labute approximate surface area is 120 Å². The van der Waals surface area contributed by atoms with Crippen molar-refractivity contribution in [2.75, 3.05) is 7.05 Å². The first kappa shape index (κ1) is 16.0. The molecule has 1 aromatic carbocycles. The number of nitrogens with two attached hydrogens (primary N) is 1. The molecule has 0 aliphatic heterocycles. The highest BCUT2D eigenvalue weighted by Gasteiger charge is 2.33. The molecule has 3 N–H and O–H groups in total. The van der Waals surface area contributed by atoms with Gasteiger partial charge in [0, 0.05) is 19.5 Å². The van der Waals surface area contributed by atoms with Gasteiger partial charge >= 0.3 is 0 Å². The number of benzene rings is 1. The molecule has 0 fully saturated rings. The molecule has 0 spiro atoms. The van der Waals surface area contributed by atoms with E-state index in [0.717, 1.165) is 5.56 Å². The molecule has 110 valence electrons. The maximum atomic E-state index is 12.7. The van der Waals surface area contributed by atoms with Gasteiger partial charge in [-0.05, 0) is 26.3 Å². The van der Waals surface area contributed by atoms with Crippen LogP contribution in [0.15, 0.2) is 35.5 Å². The van der Waals surface area contributed by atoms with E-state index >= 15 is 0 Å². The van der Waals surface area contributed by atoms with Crippen molar-refractivity contribution in [1.82, 2.24) is 4.90 Å². The van der Waals surface area contributed by atoms with Crippen LogP contribution >= 0.6 is 0 Å². The van der Waals surface area contributed by atoms with Gasteiger partial charge in [0.1, 0.15) is 5.84 Å². The molecule has 1 amide bonds. The van der Waals surface area contributed by atoms with Crippen LogP contribution in [0.3, 0.4) is 0 Å². The Bertz CT molecular complexity index is 483. The summed E-state index contributed by atoms with van der Waals surface area (Å²) in [5.74, 6) is 0.122. The average Bonchev–Trinajstić information content (AvgIpc) is 2.46. The normalized spacial score (nSPS) is 13.9. The maximum Gasteiger partial charge on any atom is 0.232 e. The van der Waals surface area contributed by atoms with Crippen molar-refractivity contribution in [3.63, 3.8) is 0 Å². The van der Waals surface area contributed by atoms with Crippen molar-refractivity contribution in [3.8, 4) is 0 Å². The second-order valence-electron chi connectivity index (χ2n) is 5.55. The van der Waals surface area contributed by atoms with Gasteiger partial charge in [-0.25, -0.2) is 0 Å². The molecule has 0 aromatic heterocycles. The second kappa shape index (κ2) is 6.41. The Morgan fingerprint density at radius 3 is 2.45 bits per heavy atom. The number of amidine groups is 1. The molecule has 20 heavy (non-hydrogen) atoms. The highest BCUT2D eigenvalue weighted by Crippen LogP contribution is 2.26. The Kier molecular flexibility index (Phi) is 5.13. The van der Waals surface area contributed by atoms with E-state index in [2.05, 4.69) is 5.16 Å². The lowest BCUT2D eigenvalue weighted by molar-refractivity contribution is -0.136. The second-order valence-corrected chi connectivity index (χ2v) is 5.55. The number of rotatable bonds is 5. The smallest absolute Gasteiger partial charge is 0.232 e. The van der Waals surface area contributed by atoms with Gasteiger partial charge in [-0.15, -0.1) is 0 Å². The standard InChI is InChI=1S/C15H23N3O2/c1-11(10-13(16)17-20)18(4)14(19)15(2,3)12-8-6-5-7-9-12/h5-9,11,20H,10H2,1-4H3,(H2,16,17). The van der Waals surface area contributed by atoms with Crippen molar-refractivity contribution >= 4 is 11.7 Å². The van der Waals surface area contributed by atoms with E-state index in [4.69, 9.17) is 10.9 Å². The number of carbonyl (C=O) groups is 1. The molecule has 0 bridgehead atoms. The summed E-state index contributed by atoms with van der Waals surface area (Å²) in [6.45, 7) is 5.67. The van der Waals surface area contributed by atoms with Crippen molar-refractivity contribution in [3.05, 3.63) is 35.9 Å². The topological polar surface area (TPSA) is 78.9 Å². The Balaban J connectivity index is 2.88. The molecular weight excluding hydrogens is 254 g/mol. The molecule has 5 heteroatoms. The van der Waals surface area contributed by atoms with Gasteiger partial charge in [-0.1, -0.05) is 35.5 Å². The third-order valence-electron chi connectivity index (χ3n) is 3.64. The van der Waals surface area contributed by atoms with Gasteiger partial charge in [0.05, 0.1) is 5.41 Å². The number of nitrogens with zero attached hydrogens (tertiary/aromatic N) is 2. The minimum Gasteiger partial charge on any atom is -0.409 e. The molecule has 0 radical (unpaired) electrons. The predicted octanol–water partition coefficient (Wildman–Crippen LogP) is 1.95. The molecule has 1 atom stereocenters. The maximum absolute atomic E-state index is 12.7. The summed E-state index contributed by atoms with van der Waals surface area (Å²) in [6.07, 6.45) is 0.337. The largest absolute Gasteiger partial charge is 0.409 e. The number of likely N-dealkylation sites (N-methyl/N-ethyl adjacent to an activating group) is 1. The zero-order valence-corrected chi connectivity index (χ0v) is 12.5. The summed E-state index contributed by atoms with van der Waals surface area (Å²) in [5.41, 5.74) is 5.84. The first-order valence-electron chi connectivity index (χ1n) is 6.60. The van der Waals surface area contributed by atoms with E-state index in [1.165, 1.54) is 0 Å². The highest BCUT2D eigenvalue weighted by atomic mass is 16.4. The number of amides is 1. The number of carbonyl (C=O) groups excluding carboxylic acids is 1. The fraction of sp³-hybridized carbons (Fsp3) is 0.467. The molecular formula is C15H23N3O2. The molecule has 0 saturated carbocycles. The Morgan fingerprint density at radius 2 is 1.95 bits per heavy atom. The Morgan fingerprint density at radius 1 is 1.40 bits per heavy atom. The zero-order valence-electron chi connectivity index (χ0n) is 12.5. The van der Waals surface area contributed by atoms with Gasteiger partial charge in [0.25, 0.3) is 0 Å². The Hall–Kier alpha value is -2.04. The van der Waals surface area contributed by atoms with Crippen LogP contribution in [-0.4, -0.2) is 34.9 Å². The molecule has 0 aliphatic carbocycles. The molecule has 0 aliphatic rings. The quantitative estimate of drug-likeness (QED) is 0.374. The lowest BCUT2D eigenvalue weighted by Gasteiger charge is -2.33. The molecule has 1 unspecified atom stereocenters. The van der Waals surface area contributed by atoms with Crippen LogP contribution < -0.4 is 5.73 Å². The molecule has 1 rings (SSSR count). The van der Waals surface area contributed by atoms with E-state index in [0.29, 0.717) is 6.42 Å². The molecule has 0 saturated heterocycles. The van der Waals surface area contributed by atoms with E-state index in [9.17, 15) is 4.79 Å². The summed E-state index contributed by atoms with van der Waals surface area (Å²) in [7, 11) is 1.74. The van der Waals surface area contributed by atoms with Gasteiger partial charge in [-0.2, -0.15) is 0 Å². The van der Waals surface area contributed by atoms with Crippen LogP contribution in [-0.2, 0) is 10.2 Å². The van der Waals surface area contributed by atoms with Crippen LogP contribution in [0, 0.1) is 0 Å². The van der Waals surface area contributed by atoms with Crippen molar-refractivity contribution < 1.29 is 10.0 Å². The third-order valence-corrected chi connectivity index (χ3v) is 3.64. The van der Waals surface area contributed by atoms with Gasteiger partial charge < -0.3 is 15.8 Å². The van der Waals surface area contributed by atoms with Crippen molar-refractivity contribution in [2.45, 2.75) is 38.6 Å². The number of oxime groups is 1. The predicted molar refractivity (Wildman–Crippen MR) is 79.7 cm³/mol. The SMILES string of the molecule is CC(CC(N)=NO)N(C)C(=O)C(C)(C)c1ccccc1. The summed E-state index contributed by atoms with van der Waals surface area (Å²) in [5, 5.41) is 11.5. The molecule has 0 heterocycles. The van der Waals surface area contributed by atoms with Crippen molar-refractivity contribution in [1.29, 1.82) is 0 Å². The highest BCUT2D eigenvalue weighted by molar-refractivity contribution is 5.88. The zero-order chi connectivity index (χ0) is 15.3. The fourth-order valence-corrected chi connectivity index (χ4v) is 2.10. The first-order valence-corrected chi connectivity index (χ1v) is 6.60. The third kappa shape index (κ3) is 3.50. The van der Waals surface area contributed by atoms with Crippen LogP contribution in [0.4, 0.5) is 0 Å². The minimum absolute atomic E-state index is 0.00180. The molecule has 1 aromatic rings. The summed E-state index contributed by atoms with van der Waals surface area (Å²) in [6, 6.07) is 9.52. The van der Waals surface area contributed by atoms with Crippen LogP contribution in [0.1, 0.15) is 32.8 Å². The van der Waals surface area contributed by atoms with E-state index in [1.54, 1.807) is 11.9 Å². The van der Waals surface area contributed by atoms with Gasteiger partial charge in [-0.3, -0.25) is 4.79 Å². The number of hydrogen-bond acceptors (Lipinski definition) is 3. The van der Waals surface area contributed by atoms with Crippen LogP contribution in [0.2, 0.25) is 0 Å². The molecule has 5 nitrogen and oxygen atoms in total. The first-order chi connectivity index (χ1) is 9.30. The average molecular weight is 277 g/mol. The minimum atomic E-state index is -0.616. The lowest BCUT2D eigenvalue weighted by atomic mass is 9.83. The van der Waals surface area contributed by atoms with E-state index in [-0.39, 0.29) is 17.8 Å². The summed E-state index contributed by atoms with van der Waals surface area (Å²) >= 11 is 0. The lowest BCUT2D eigenvalue weighted by Crippen LogP contribution is -2.46. The summed E-state index contributed by atoms with van der Waals surface area (Å²) < 4.78 is 0. The van der Waals surface area contributed by atoms with Gasteiger partial charge in [0.2, 0.25) is 5.91 Å². The van der Waals surface area contributed by atoms with Crippen molar-refractivity contribution in [2.24, 2.45) is 10.9 Å². The van der Waals surface area contributed by atoms with Crippen LogP contribution in [0.5, 0.6) is 0 Å². The van der Waals surface area contributed by atoms with E-state index in [1.807, 2.05) is 51.1 Å².